The molecule has 2 N–H and O–H groups in total. The number of halogens is 1. The molecule has 0 bridgehead atoms. The van der Waals surface area contributed by atoms with Gasteiger partial charge in [-0.05, 0) is 37.0 Å². The van der Waals surface area contributed by atoms with Crippen LogP contribution in [0.15, 0.2) is 22.7 Å². The van der Waals surface area contributed by atoms with Crippen LogP contribution < -0.4 is 5.73 Å². The maximum atomic E-state index is 12.3. The lowest BCUT2D eigenvalue weighted by molar-refractivity contribution is 0.0389. The molecular weight excluding hydrogens is 308 g/mol. The summed E-state index contributed by atoms with van der Waals surface area (Å²) in [4.78, 5) is 14.1. The van der Waals surface area contributed by atoms with Gasteiger partial charge in [0.2, 0.25) is 0 Å². The second-order valence-corrected chi connectivity index (χ2v) is 5.92. The number of benzene rings is 1. The van der Waals surface area contributed by atoms with E-state index in [0.717, 1.165) is 30.5 Å². The van der Waals surface area contributed by atoms with E-state index in [0.29, 0.717) is 23.7 Å². The Bertz CT molecular complexity index is 459. The number of hydrogen-bond acceptors (Lipinski definition) is 3. The highest BCUT2D eigenvalue weighted by Gasteiger charge is 2.20. The van der Waals surface area contributed by atoms with Crippen LogP contribution in [0.5, 0.6) is 0 Å². The quantitative estimate of drug-likeness (QED) is 0.868. The average molecular weight is 327 g/mol. The van der Waals surface area contributed by atoms with Crippen LogP contribution in [0.1, 0.15) is 23.2 Å². The van der Waals surface area contributed by atoms with E-state index in [1.807, 2.05) is 13.1 Å². The predicted molar refractivity (Wildman–Crippen MR) is 79.1 cm³/mol. The van der Waals surface area contributed by atoms with E-state index in [4.69, 9.17) is 10.5 Å². The van der Waals surface area contributed by atoms with Gasteiger partial charge in [-0.1, -0.05) is 15.9 Å². The van der Waals surface area contributed by atoms with Crippen molar-refractivity contribution in [3.05, 3.63) is 28.2 Å². The third-order valence-corrected chi connectivity index (χ3v) is 3.87. The molecule has 0 aromatic heterocycles. The van der Waals surface area contributed by atoms with Crippen molar-refractivity contribution in [2.75, 3.05) is 32.5 Å². The van der Waals surface area contributed by atoms with Crippen LogP contribution in [-0.2, 0) is 4.74 Å². The summed E-state index contributed by atoms with van der Waals surface area (Å²) >= 11 is 3.34. The number of nitrogen functional groups attached to an aromatic ring is 1. The van der Waals surface area contributed by atoms with Crippen LogP contribution in [0.4, 0.5) is 5.69 Å². The zero-order valence-electron chi connectivity index (χ0n) is 11.1. The molecule has 1 fully saturated rings. The van der Waals surface area contributed by atoms with Crippen molar-refractivity contribution in [1.82, 2.24) is 4.90 Å². The molecule has 1 aliphatic heterocycles. The molecule has 0 radical (unpaired) electrons. The Balaban J connectivity index is 2.01. The highest BCUT2D eigenvalue weighted by atomic mass is 79.9. The lowest BCUT2D eigenvalue weighted by Crippen LogP contribution is -2.35. The fourth-order valence-electron chi connectivity index (χ4n) is 2.36. The molecule has 1 unspecified atom stereocenters. The van der Waals surface area contributed by atoms with Crippen LogP contribution >= 0.6 is 15.9 Å². The van der Waals surface area contributed by atoms with E-state index in [2.05, 4.69) is 15.9 Å². The van der Waals surface area contributed by atoms with E-state index < -0.39 is 0 Å². The van der Waals surface area contributed by atoms with Crippen LogP contribution in [0.25, 0.3) is 0 Å². The normalized spacial score (nSPS) is 19.2. The number of rotatable bonds is 3. The molecule has 4 nitrogen and oxygen atoms in total. The molecule has 1 aromatic rings. The van der Waals surface area contributed by atoms with E-state index in [-0.39, 0.29) is 5.91 Å². The summed E-state index contributed by atoms with van der Waals surface area (Å²) in [6.07, 6.45) is 2.19. The molecule has 1 amide bonds. The molecule has 0 aliphatic carbocycles. The molecule has 1 heterocycles. The van der Waals surface area contributed by atoms with Crippen molar-refractivity contribution in [3.8, 4) is 0 Å². The standard InChI is InChI=1S/C14H19BrN2O2/c1-17(8-10-3-2-6-19-9-10)14(18)12-5-4-11(15)7-13(12)16/h4-5,7,10H,2-3,6,8-9,16H2,1H3. The van der Waals surface area contributed by atoms with Crippen LogP contribution in [0.3, 0.4) is 0 Å². The van der Waals surface area contributed by atoms with Gasteiger partial charge in [-0.15, -0.1) is 0 Å². The first-order chi connectivity index (χ1) is 9.08. The second kappa shape index (κ2) is 6.39. The van der Waals surface area contributed by atoms with Gasteiger partial charge in [0.15, 0.2) is 0 Å². The zero-order chi connectivity index (χ0) is 13.8. The number of hydrogen-bond donors (Lipinski definition) is 1. The van der Waals surface area contributed by atoms with Gasteiger partial charge >= 0.3 is 0 Å². The SMILES string of the molecule is CN(CC1CCCOC1)C(=O)c1ccc(Br)cc1N. The van der Waals surface area contributed by atoms with Gasteiger partial charge in [0.05, 0.1) is 12.2 Å². The molecule has 0 saturated carbocycles. The summed E-state index contributed by atoms with van der Waals surface area (Å²) in [6.45, 7) is 2.30. The highest BCUT2D eigenvalue weighted by molar-refractivity contribution is 9.10. The third kappa shape index (κ3) is 3.70. The number of nitrogens with zero attached hydrogens (tertiary/aromatic N) is 1. The Kier molecular flexibility index (Phi) is 4.82. The lowest BCUT2D eigenvalue weighted by Gasteiger charge is -2.27. The van der Waals surface area contributed by atoms with Crippen molar-refractivity contribution in [2.45, 2.75) is 12.8 Å². The average Bonchev–Trinajstić information content (AvgIpc) is 2.39. The smallest absolute Gasteiger partial charge is 0.255 e. The largest absolute Gasteiger partial charge is 0.398 e. The molecule has 0 spiro atoms. The first kappa shape index (κ1) is 14.3. The van der Waals surface area contributed by atoms with Gasteiger partial charge in [0.25, 0.3) is 5.91 Å². The summed E-state index contributed by atoms with van der Waals surface area (Å²) < 4.78 is 6.32. The fraction of sp³-hybridized carbons (Fsp3) is 0.500. The van der Waals surface area contributed by atoms with Crippen LogP contribution in [-0.4, -0.2) is 37.6 Å². The van der Waals surface area contributed by atoms with Crippen molar-refractivity contribution in [3.63, 3.8) is 0 Å². The Morgan fingerprint density at radius 3 is 3.00 bits per heavy atom. The molecule has 1 aromatic carbocycles. The van der Waals surface area contributed by atoms with E-state index in [1.54, 1.807) is 17.0 Å². The minimum Gasteiger partial charge on any atom is -0.398 e. The van der Waals surface area contributed by atoms with Crippen molar-refractivity contribution in [2.24, 2.45) is 5.92 Å². The molecule has 1 aliphatic rings. The van der Waals surface area contributed by atoms with Gasteiger partial charge in [-0.25, -0.2) is 0 Å². The summed E-state index contributed by atoms with van der Waals surface area (Å²) in [5, 5.41) is 0. The fourth-order valence-corrected chi connectivity index (χ4v) is 2.73. The van der Waals surface area contributed by atoms with Crippen molar-refractivity contribution >= 4 is 27.5 Å². The second-order valence-electron chi connectivity index (χ2n) is 5.00. The monoisotopic (exact) mass is 326 g/mol. The molecule has 19 heavy (non-hydrogen) atoms. The molecule has 5 heteroatoms. The Morgan fingerprint density at radius 2 is 2.37 bits per heavy atom. The topological polar surface area (TPSA) is 55.6 Å². The first-order valence-electron chi connectivity index (χ1n) is 6.46. The first-order valence-corrected chi connectivity index (χ1v) is 7.25. The predicted octanol–water partition coefficient (Wildman–Crippen LogP) is 2.53. The van der Waals surface area contributed by atoms with Crippen LogP contribution in [0, 0.1) is 5.92 Å². The number of carbonyl (C=O) groups excluding carboxylic acids is 1. The van der Waals surface area contributed by atoms with Gasteiger partial charge in [-0.2, -0.15) is 0 Å². The Hall–Kier alpha value is -1.07. The minimum absolute atomic E-state index is 0.0319. The molecule has 2 rings (SSSR count). The number of anilines is 1. The molecule has 104 valence electrons. The maximum absolute atomic E-state index is 12.3. The van der Waals surface area contributed by atoms with E-state index in [9.17, 15) is 4.79 Å². The summed E-state index contributed by atoms with van der Waals surface area (Å²) in [6, 6.07) is 5.35. The maximum Gasteiger partial charge on any atom is 0.255 e. The highest BCUT2D eigenvalue weighted by Crippen LogP contribution is 2.21. The van der Waals surface area contributed by atoms with E-state index >= 15 is 0 Å². The summed E-state index contributed by atoms with van der Waals surface area (Å²) in [7, 11) is 1.82. The van der Waals surface area contributed by atoms with Gasteiger partial charge < -0.3 is 15.4 Å². The third-order valence-electron chi connectivity index (χ3n) is 3.38. The summed E-state index contributed by atoms with van der Waals surface area (Å²) in [5.41, 5.74) is 6.95. The van der Waals surface area contributed by atoms with Gasteiger partial charge in [-0.3, -0.25) is 4.79 Å². The Labute approximate surface area is 122 Å². The van der Waals surface area contributed by atoms with Gasteiger partial charge in [0, 0.05) is 30.4 Å². The molecular formula is C14H19BrN2O2. The van der Waals surface area contributed by atoms with Gasteiger partial charge in [0.1, 0.15) is 0 Å². The zero-order valence-corrected chi connectivity index (χ0v) is 12.6. The van der Waals surface area contributed by atoms with Crippen molar-refractivity contribution < 1.29 is 9.53 Å². The number of amides is 1. The number of carbonyl (C=O) groups is 1. The van der Waals surface area contributed by atoms with E-state index in [1.165, 1.54) is 0 Å². The molecule has 1 saturated heterocycles. The lowest BCUT2D eigenvalue weighted by atomic mass is 10.0. The minimum atomic E-state index is -0.0319. The summed E-state index contributed by atoms with van der Waals surface area (Å²) in [5.74, 6) is 0.398. The van der Waals surface area contributed by atoms with Crippen molar-refractivity contribution in [1.29, 1.82) is 0 Å². The number of ether oxygens (including phenoxy) is 1. The van der Waals surface area contributed by atoms with Crippen LogP contribution in [0.2, 0.25) is 0 Å². The Morgan fingerprint density at radius 1 is 1.58 bits per heavy atom. The number of nitrogens with two attached hydrogens (primary N) is 1. The molecule has 1 atom stereocenters.